The summed E-state index contributed by atoms with van der Waals surface area (Å²) in [5.74, 6) is -0.965. The number of Topliss-reactive ketones (excluding diaryl/α,β-unsaturated/α-hetero) is 1. The Kier molecular flexibility index (Phi) is 6.44. The Morgan fingerprint density at radius 1 is 1.00 bits per heavy atom. The number of nitrogens with one attached hydrogen (secondary N) is 2. The number of nitrogens with zero attached hydrogens (tertiary/aromatic N) is 1. The zero-order valence-corrected chi connectivity index (χ0v) is 16.7. The molecule has 3 N–H and O–H groups in total. The summed E-state index contributed by atoms with van der Waals surface area (Å²) < 4.78 is 0. The van der Waals surface area contributed by atoms with Crippen LogP contribution in [0.5, 0.6) is 0 Å². The predicted octanol–water partition coefficient (Wildman–Crippen LogP) is 5.01. The number of carbonyl (C=O) groups is 3. The predicted molar refractivity (Wildman–Crippen MR) is 115 cm³/mol. The highest BCUT2D eigenvalue weighted by atomic mass is 35.5. The highest BCUT2D eigenvalue weighted by Crippen LogP contribution is 2.29. The van der Waals surface area contributed by atoms with Crippen molar-refractivity contribution < 1.29 is 19.5 Å². The zero-order chi connectivity index (χ0) is 21.7. The Balaban J connectivity index is 1.75. The molecule has 3 rings (SSSR count). The second-order valence-electron chi connectivity index (χ2n) is 6.52. The third-order valence-electron chi connectivity index (χ3n) is 4.28. The summed E-state index contributed by atoms with van der Waals surface area (Å²) in [6.45, 7) is 1.71. The summed E-state index contributed by atoms with van der Waals surface area (Å²) in [5.41, 5.74) is 2.84. The van der Waals surface area contributed by atoms with Crippen molar-refractivity contribution in [1.82, 2.24) is 4.98 Å². The zero-order valence-electron chi connectivity index (χ0n) is 16.0. The van der Waals surface area contributed by atoms with Gasteiger partial charge in [0.05, 0.1) is 23.5 Å². The molecule has 1 aromatic heterocycles. The minimum Gasteiger partial charge on any atom is -0.465 e. The molecule has 0 bridgehead atoms. The van der Waals surface area contributed by atoms with Crippen molar-refractivity contribution in [3.8, 4) is 11.3 Å². The van der Waals surface area contributed by atoms with Crippen molar-refractivity contribution in [1.29, 1.82) is 0 Å². The van der Waals surface area contributed by atoms with Gasteiger partial charge >= 0.3 is 6.09 Å². The quantitative estimate of drug-likeness (QED) is 0.381. The number of rotatable bonds is 6. The van der Waals surface area contributed by atoms with E-state index in [4.69, 9.17) is 16.7 Å². The van der Waals surface area contributed by atoms with Crippen LogP contribution in [0.25, 0.3) is 11.3 Å². The molecule has 152 valence electrons. The Hall–Kier alpha value is -3.71. The standard InChI is InChI=1S/C22H18ClN3O4/c1-13-9-18(26-22(29)30)19(11-16(13)23)25-21(28)12-20(27)15-6-4-5-14(10-15)17-7-2-3-8-24-17/h2-11,26H,12H2,1H3,(H,25,28)(H,29,30). The third-order valence-corrected chi connectivity index (χ3v) is 4.69. The van der Waals surface area contributed by atoms with Gasteiger partial charge in [0.1, 0.15) is 0 Å². The molecule has 0 aliphatic carbocycles. The molecule has 0 saturated heterocycles. The largest absolute Gasteiger partial charge is 0.465 e. The molecular weight excluding hydrogens is 406 g/mol. The molecule has 8 heteroatoms. The number of aryl methyl sites for hydroxylation is 1. The smallest absolute Gasteiger partial charge is 0.409 e. The number of halogens is 1. The summed E-state index contributed by atoms with van der Waals surface area (Å²) >= 11 is 6.08. The number of ketones is 1. The molecule has 0 spiro atoms. The van der Waals surface area contributed by atoms with Gasteiger partial charge in [0.25, 0.3) is 0 Å². The molecule has 2 amide bonds. The van der Waals surface area contributed by atoms with Gasteiger partial charge in [-0.15, -0.1) is 0 Å². The lowest BCUT2D eigenvalue weighted by atomic mass is 10.0. The first-order valence-electron chi connectivity index (χ1n) is 8.98. The van der Waals surface area contributed by atoms with Crippen molar-refractivity contribution in [2.75, 3.05) is 10.6 Å². The molecule has 0 radical (unpaired) electrons. The molecule has 0 fully saturated rings. The fourth-order valence-electron chi connectivity index (χ4n) is 2.83. The first kappa shape index (κ1) is 21.0. The van der Waals surface area contributed by atoms with Gasteiger partial charge in [-0.05, 0) is 42.8 Å². The van der Waals surface area contributed by atoms with Gasteiger partial charge in [-0.2, -0.15) is 0 Å². The van der Waals surface area contributed by atoms with E-state index in [1.165, 1.54) is 12.1 Å². The molecule has 0 unspecified atom stereocenters. The minimum absolute atomic E-state index is 0.169. The first-order chi connectivity index (χ1) is 14.3. The van der Waals surface area contributed by atoms with E-state index in [-0.39, 0.29) is 17.2 Å². The molecule has 1 heterocycles. The van der Waals surface area contributed by atoms with Gasteiger partial charge in [-0.3, -0.25) is 19.9 Å². The highest BCUT2D eigenvalue weighted by molar-refractivity contribution is 6.32. The lowest BCUT2D eigenvalue weighted by molar-refractivity contribution is -0.115. The number of hydrogen-bond acceptors (Lipinski definition) is 4. The second kappa shape index (κ2) is 9.19. The lowest BCUT2D eigenvalue weighted by Gasteiger charge is -2.13. The van der Waals surface area contributed by atoms with Crippen molar-refractivity contribution in [3.05, 3.63) is 76.9 Å². The van der Waals surface area contributed by atoms with E-state index in [2.05, 4.69) is 15.6 Å². The van der Waals surface area contributed by atoms with Crippen LogP contribution in [0.4, 0.5) is 16.2 Å². The Morgan fingerprint density at radius 3 is 2.47 bits per heavy atom. The monoisotopic (exact) mass is 423 g/mol. The van der Waals surface area contributed by atoms with E-state index < -0.39 is 18.4 Å². The van der Waals surface area contributed by atoms with Crippen molar-refractivity contribution in [2.45, 2.75) is 13.3 Å². The van der Waals surface area contributed by atoms with Gasteiger partial charge in [-0.25, -0.2) is 4.79 Å². The van der Waals surface area contributed by atoms with E-state index in [9.17, 15) is 14.4 Å². The molecule has 2 aromatic carbocycles. The SMILES string of the molecule is Cc1cc(NC(=O)O)c(NC(=O)CC(=O)c2cccc(-c3ccccn3)c2)cc1Cl. The van der Waals surface area contributed by atoms with Crippen LogP contribution >= 0.6 is 11.6 Å². The summed E-state index contributed by atoms with van der Waals surface area (Å²) in [6.07, 6.45) is -0.0363. The van der Waals surface area contributed by atoms with E-state index in [1.807, 2.05) is 18.2 Å². The van der Waals surface area contributed by atoms with Crippen LogP contribution in [0, 0.1) is 6.92 Å². The van der Waals surface area contributed by atoms with Crippen LogP contribution in [0.2, 0.25) is 5.02 Å². The molecule has 7 nitrogen and oxygen atoms in total. The third kappa shape index (κ3) is 5.21. The molecule has 0 aliphatic heterocycles. The topological polar surface area (TPSA) is 108 Å². The number of aromatic nitrogens is 1. The summed E-state index contributed by atoms with van der Waals surface area (Å²) in [7, 11) is 0. The number of amides is 2. The normalized spacial score (nSPS) is 10.3. The number of benzene rings is 2. The maximum atomic E-state index is 12.6. The highest BCUT2D eigenvalue weighted by Gasteiger charge is 2.16. The van der Waals surface area contributed by atoms with Gasteiger partial charge < -0.3 is 10.4 Å². The second-order valence-corrected chi connectivity index (χ2v) is 6.93. The van der Waals surface area contributed by atoms with Crippen LogP contribution in [0.1, 0.15) is 22.3 Å². The van der Waals surface area contributed by atoms with E-state index >= 15 is 0 Å². The van der Waals surface area contributed by atoms with Crippen LogP contribution in [0.3, 0.4) is 0 Å². The van der Waals surface area contributed by atoms with Crippen LogP contribution in [-0.4, -0.2) is 27.9 Å². The molecule has 0 atom stereocenters. The Morgan fingerprint density at radius 2 is 1.77 bits per heavy atom. The number of anilines is 2. The Bertz CT molecular complexity index is 1120. The van der Waals surface area contributed by atoms with Gasteiger partial charge in [0, 0.05) is 22.3 Å². The lowest BCUT2D eigenvalue weighted by Crippen LogP contribution is -2.18. The van der Waals surface area contributed by atoms with Gasteiger partial charge in [0.15, 0.2) is 5.78 Å². The fraction of sp³-hybridized carbons (Fsp3) is 0.0909. The molecule has 0 aliphatic rings. The average molecular weight is 424 g/mol. The van der Waals surface area contributed by atoms with Crippen molar-refractivity contribution in [3.63, 3.8) is 0 Å². The average Bonchev–Trinajstić information content (AvgIpc) is 2.72. The van der Waals surface area contributed by atoms with Crippen LogP contribution < -0.4 is 10.6 Å². The van der Waals surface area contributed by atoms with E-state index in [0.717, 1.165) is 11.3 Å². The molecule has 30 heavy (non-hydrogen) atoms. The van der Waals surface area contributed by atoms with E-state index in [0.29, 0.717) is 16.1 Å². The summed E-state index contributed by atoms with van der Waals surface area (Å²) in [6, 6.07) is 15.3. The van der Waals surface area contributed by atoms with Crippen molar-refractivity contribution >= 4 is 40.8 Å². The van der Waals surface area contributed by atoms with Crippen LogP contribution in [0.15, 0.2) is 60.8 Å². The maximum Gasteiger partial charge on any atom is 0.409 e. The number of carboxylic acid groups (broad SMARTS) is 1. The van der Waals surface area contributed by atoms with Gasteiger partial charge in [0.2, 0.25) is 5.91 Å². The molecular formula is C22H18ClN3O4. The first-order valence-corrected chi connectivity index (χ1v) is 9.36. The number of hydrogen-bond donors (Lipinski definition) is 3. The molecule has 0 saturated carbocycles. The van der Waals surface area contributed by atoms with Gasteiger partial charge in [-0.1, -0.05) is 35.9 Å². The number of pyridine rings is 1. The van der Waals surface area contributed by atoms with E-state index in [1.54, 1.807) is 37.4 Å². The Labute approximate surface area is 177 Å². The van der Waals surface area contributed by atoms with Crippen LogP contribution in [-0.2, 0) is 4.79 Å². The molecule has 3 aromatic rings. The summed E-state index contributed by atoms with van der Waals surface area (Å²) in [4.78, 5) is 40.3. The summed E-state index contributed by atoms with van der Waals surface area (Å²) in [5, 5.41) is 14.1. The van der Waals surface area contributed by atoms with Crippen molar-refractivity contribution in [2.24, 2.45) is 0 Å². The fourth-order valence-corrected chi connectivity index (χ4v) is 2.99. The minimum atomic E-state index is -1.28. The number of carbonyl (C=O) groups excluding carboxylic acids is 2. The maximum absolute atomic E-state index is 12.6.